The molecule has 0 radical (unpaired) electrons. The number of hydrogen-bond acceptors (Lipinski definition) is 5. The van der Waals surface area contributed by atoms with Crippen LogP contribution in [0, 0.1) is 6.92 Å². The number of aryl methyl sites for hydroxylation is 1. The van der Waals surface area contributed by atoms with Gasteiger partial charge < -0.3 is 19.5 Å². The first-order chi connectivity index (χ1) is 16.8. The maximum Gasteiger partial charge on any atom is 0.295 e. The van der Waals surface area contributed by atoms with Crippen LogP contribution < -0.4 is 9.47 Å². The Bertz CT molecular complexity index is 1140. The van der Waals surface area contributed by atoms with E-state index in [4.69, 9.17) is 9.47 Å². The molecule has 6 heteroatoms. The van der Waals surface area contributed by atoms with E-state index in [-0.39, 0.29) is 23.3 Å². The third kappa shape index (κ3) is 4.54. The number of aliphatic hydroxyl groups excluding tert-OH is 1. The molecule has 4 rings (SSSR count). The van der Waals surface area contributed by atoms with Crippen molar-refractivity contribution in [2.75, 3.05) is 13.7 Å². The number of likely N-dealkylation sites (tertiary alicyclic amines) is 1. The van der Waals surface area contributed by atoms with Crippen LogP contribution in [0.4, 0.5) is 0 Å². The molecule has 1 unspecified atom stereocenters. The van der Waals surface area contributed by atoms with E-state index in [2.05, 4.69) is 13.8 Å². The van der Waals surface area contributed by atoms with E-state index >= 15 is 0 Å². The quantitative estimate of drug-likeness (QED) is 0.306. The van der Waals surface area contributed by atoms with Gasteiger partial charge in [-0.05, 0) is 73.6 Å². The first kappa shape index (κ1) is 24.8. The Hall–Kier alpha value is -3.28. The van der Waals surface area contributed by atoms with E-state index in [9.17, 15) is 14.7 Å². The zero-order chi connectivity index (χ0) is 25.3. The van der Waals surface area contributed by atoms with Crippen molar-refractivity contribution in [1.82, 2.24) is 4.90 Å². The van der Waals surface area contributed by atoms with Gasteiger partial charge in [-0.3, -0.25) is 9.59 Å². The Morgan fingerprint density at radius 3 is 2.34 bits per heavy atom. The van der Waals surface area contributed by atoms with Gasteiger partial charge in [-0.2, -0.15) is 0 Å². The number of rotatable bonds is 7. The van der Waals surface area contributed by atoms with Crippen LogP contribution in [0.3, 0.4) is 0 Å². The Kier molecular flexibility index (Phi) is 7.20. The number of carbonyl (C=O) groups is 2. The Morgan fingerprint density at radius 2 is 1.77 bits per heavy atom. The SMILES string of the molecule is CCOc1ccc(C2/C(=C(\O)c3cc(C(C)C)c(OC)cc3C)C(=O)C(=O)N2C2CCCC2)cc1. The molecule has 1 amide bonds. The van der Waals surface area contributed by atoms with Crippen molar-refractivity contribution in [3.05, 3.63) is 64.2 Å². The molecular weight excluding hydrogens is 442 g/mol. The van der Waals surface area contributed by atoms with E-state index in [1.54, 1.807) is 12.0 Å². The summed E-state index contributed by atoms with van der Waals surface area (Å²) in [5.74, 6) is 0.317. The van der Waals surface area contributed by atoms with Gasteiger partial charge in [-0.15, -0.1) is 0 Å². The molecule has 35 heavy (non-hydrogen) atoms. The molecule has 6 nitrogen and oxygen atoms in total. The molecule has 0 aromatic heterocycles. The average Bonchev–Trinajstić information content (AvgIpc) is 3.45. The summed E-state index contributed by atoms with van der Waals surface area (Å²) in [6.07, 6.45) is 3.78. The van der Waals surface area contributed by atoms with Crippen LogP contribution in [0.25, 0.3) is 5.76 Å². The van der Waals surface area contributed by atoms with E-state index < -0.39 is 17.7 Å². The molecule has 2 aliphatic rings. The number of amides is 1. The second-order valence-electron chi connectivity index (χ2n) is 9.71. The van der Waals surface area contributed by atoms with Crippen molar-refractivity contribution in [3.8, 4) is 11.5 Å². The highest BCUT2D eigenvalue weighted by Crippen LogP contribution is 2.44. The summed E-state index contributed by atoms with van der Waals surface area (Å²) in [4.78, 5) is 28.5. The Balaban J connectivity index is 1.90. The van der Waals surface area contributed by atoms with Gasteiger partial charge in [-0.25, -0.2) is 0 Å². The van der Waals surface area contributed by atoms with Gasteiger partial charge in [0.05, 0.1) is 25.3 Å². The van der Waals surface area contributed by atoms with Gasteiger partial charge in [0.1, 0.15) is 17.3 Å². The third-order valence-corrected chi connectivity index (χ3v) is 7.16. The molecule has 0 bridgehead atoms. The number of nitrogens with zero attached hydrogens (tertiary/aromatic N) is 1. The van der Waals surface area contributed by atoms with E-state index in [0.717, 1.165) is 53.9 Å². The average molecular weight is 478 g/mol. The number of hydrogen-bond donors (Lipinski definition) is 1. The normalized spacial score (nSPS) is 20.2. The highest BCUT2D eigenvalue weighted by atomic mass is 16.5. The maximum absolute atomic E-state index is 13.4. The van der Waals surface area contributed by atoms with Crippen LogP contribution in [-0.2, 0) is 9.59 Å². The summed E-state index contributed by atoms with van der Waals surface area (Å²) in [7, 11) is 1.62. The van der Waals surface area contributed by atoms with Gasteiger partial charge in [0.2, 0.25) is 0 Å². The molecule has 1 saturated carbocycles. The molecule has 1 heterocycles. The number of ether oxygens (including phenoxy) is 2. The van der Waals surface area contributed by atoms with Crippen LogP contribution in [0.5, 0.6) is 11.5 Å². The van der Waals surface area contributed by atoms with Crippen molar-refractivity contribution in [2.45, 2.75) is 71.4 Å². The lowest BCUT2D eigenvalue weighted by Crippen LogP contribution is -2.37. The number of benzene rings is 2. The van der Waals surface area contributed by atoms with Gasteiger partial charge in [0, 0.05) is 11.6 Å². The van der Waals surface area contributed by atoms with Gasteiger partial charge >= 0.3 is 0 Å². The van der Waals surface area contributed by atoms with Gasteiger partial charge in [0.15, 0.2) is 0 Å². The molecule has 1 aliphatic heterocycles. The third-order valence-electron chi connectivity index (χ3n) is 7.16. The van der Waals surface area contributed by atoms with Gasteiger partial charge in [-0.1, -0.05) is 38.8 Å². The molecule has 186 valence electrons. The summed E-state index contributed by atoms with van der Waals surface area (Å²) in [6, 6.07) is 10.6. The molecule has 1 atom stereocenters. The molecule has 2 aromatic rings. The largest absolute Gasteiger partial charge is 0.507 e. The Morgan fingerprint density at radius 1 is 1.11 bits per heavy atom. The number of ketones is 1. The lowest BCUT2D eigenvalue weighted by molar-refractivity contribution is -0.141. The van der Waals surface area contributed by atoms with Crippen molar-refractivity contribution in [1.29, 1.82) is 0 Å². The molecule has 1 N–H and O–H groups in total. The number of aliphatic hydroxyl groups is 1. The molecule has 2 fully saturated rings. The zero-order valence-electron chi connectivity index (χ0n) is 21.3. The van der Waals surface area contributed by atoms with Crippen LogP contribution in [-0.4, -0.2) is 41.5 Å². The summed E-state index contributed by atoms with van der Waals surface area (Å²) < 4.78 is 11.1. The minimum atomic E-state index is -0.641. The first-order valence-corrected chi connectivity index (χ1v) is 12.5. The van der Waals surface area contributed by atoms with E-state index in [1.807, 2.05) is 50.2 Å². The van der Waals surface area contributed by atoms with Crippen molar-refractivity contribution in [3.63, 3.8) is 0 Å². The topological polar surface area (TPSA) is 76.1 Å². The molecule has 0 spiro atoms. The van der Waals surface area contributed by atoms with E-state index in [1.165, 1.54) is 0 Å². The lowest BCUT2D eigenvalue weighted by Gasteiger charge is -2.31. The van der Waals surface area contributed by atoms with Gasteiger partial charge in [0.25, 0.3) is 11.7 Å². The lowest BCUT2D eigenvalue weighted by atomic mass is 9.90. The predicted octanol–water partition coefficient (Wildman–Crippen LogP) is 5.89. The monoisotopic (exact) mass is 477 g/mol. The van der Waals surface area contributed by atoms with Crippen LogP contribution >= 0.6 is 0 Å². The standard InChI is InChI=1S/C29H35NO5/c1-6-35-21-13-11-19(12-14-21)26-25(28(32)29(33)30(26)20-9-7-8-10-20)27(31)23-16-22(17(2)3)24(34-5)15-18(23)4/h11-17,20,26,31H,6-10H2,1-5H3/b27-25+. The van der Waals surface area contributed by atoms with Crippen LogP contribution in [0.2, 0.25) is 0 Å². The Labute approximate surface area is 207 Å². The smallest absolute Gasteiger partial charge is 0.295 e. The van der Waals surface area contributed by atoms with E-state index in [0.29, 0.717) is 12.2 Å². The first-order valence-electron chi connectivity index (χ1n) is 12.5. The summed E-state index contributed by atoms with van der Waals surface area (Å²) in [5.41, 5.74) is 3.20. The summed E-state index contributed by atoms with van der Waals surface area (Å²) in [5, 5.41) is 11.6. The van der Waals surface area contributed by atoms with Crippen LogP contribution in [0.1, 0.15) is 80.7 Å². The zero-order valence-corrected chi connectivity index (χ0v) is 21.3. The number of Topliss-reactive ketones (excluding diaryl/α,β-unsaturated/α-hetero) is 1. The fourth-order valence-electron chi connectivity index (χ4n) is 5.38. The summed E-state index contributed by atoms with van der Waals surface area (Å²) >= 11 is 0. The van der Waals surface area contributed by atoms with Crippen LogP contribution in [0.15, 0.2) is 42.0 Å². The molecular formula is C29H35NO5. The molecule has 2 aromatic carbocycles. The molecule has 1 aliphatic carbocycles. The maximum atomic E-state index is 13.4. The number of carbonyl (C=O) groups excluding carboxylic acids is 2. The van der Waals surface area contributed by atoms with Crippen molar-refractivity contribution in [2.24, 2.45) is 0 Å². The molecule has 1 saturated heterocycles. The number of methoxy groups -OCH3 is 1. The minimum absolute atomic E-state index is 0.0171. The highest BCUT2D eigenvalue weighted by molar-refractivity contribution is 6.46. The second-order valence-corrected chi connectivity index (χ2v) is 9.71. The fraction of sp³-hybridized carbons (Fsp3) is 0.448. The second kappa shape index (κ2) is 10.1. The summed E-state index contributed by atoms with van der Waals surface area (Å²) in [6.45, 7) is 8.45. The predicted molar refractivity (Wildman–Crippen MR) is 136 cm³/mol. The minimum Gasteiger partial charge on any atom is -0.507 e. The highest BCUT2D eigenvalue weighted by Gasteiger charge is 2.49. The van der Waals surface area contributed by atoms with Crippen molar-refractivity contribution < 1.29 is 24.2 Å². The van der Waals surface area contributed by atoms with Crippen molar-refractivity contribution >= 4 is 17.4 Å². The fourth-order valence-corrected chi connectivity index (χ4v) is 5.38.